The maximum atomic E-state index is 11.0. The van der Waals surface area contributed by atoms with Crippen LogP contribution in [0.4, 0.5) is 0 Å². The molecule has 3 heteroatoms. The Morgan fingerprint density at radius 3 is 2.75 bits per heavy atom. The maximum absolute atomic E-state index is 11.0. The Bertz CT molecular complexity index is 583. The molecule has 2 aromatic rings. The van der Waals surface area contributed by atoms with E-state index < -0.39 is 6.10 Å². The lowest BCUT2D eigenvalue weighted by molar-refractivity contribution is -0.00705. The summed E-state index contributed by atoms with van der Waals surface area (Å²) in [5, 5.41) is 14.3. The molecule has 0 spiro atoms. The molecule has 1 saturated carbocycles. The van der Waals surface area contributed by atoms with Crippen LogP contribution in [0, 0.1) is 11.3 Å². The molecule has 0 aliphatic heterocycles. The zero-order valence-corrected chi connectivity index (χ0v) is 12.8. The van der Waals surface area contributed by atoms with E-state index >= 15 is 0 Å². The molecule has 3 N–H and O–H groups in total. The van der Waals surface area contributed by atoms with Crippen molar-refractivity contribution < 1.29 is 5.11 Å². The first-order chi connectivity index (χ1) is 9.66. The third kappa shape index (κ3) is 2.28. The summed E-state index contributed by atoms with van der Waals surface area (Å²) in [6, 6.07) is 8.33. The molecule has 0 bridgehead atoms. The molecule has 2 nitrogen and oxygen atoms in total. The molecule has 0 radical (unpaired) electrons. The minimum absolute atomic E-state index is 0.129. The van der Waals surface area contributed by atoms with Gasteiger partial charge in [-0.3, -0.25) is 0 Å². The molecule has 0 saturated heterocycles. The lowest BCUT2D eigenvalue weighted by Gasteiger charge is -2.42. The first-order valence-electron chi connectivity index (χ1n) is 7.50. The minimum atomic E-state index is -0.434. The summed E-state index contributed by atoms with van der Waals surface area (Å²) >= 11 is 1.72. The van der Waals surface area contributed by atoms with E-state index in [1.54, 1.807) is 11.3 Å². The molecular weight excluding hydrogens is 266 g/mol. The summed E-state index contributed by atoms with van der Waals surface area (Å²) in [6.45, 7) is 2.87. The van der Waals surface area contributed by atoms with Gasteiger partial charge >= 0.3 is 0 Å². The van der Waals surface area contributed by atoms with Crippen molar-refractivity contribution in [3.8, 4) is 0 Å². The van der Waals surface area contributed by atoms with Gasteiger partial charge in [0.25, 0.3) is 0 Å². The molecule has 1 unspecified atom stereocenters. The van der Waals surface area contributed by atoms with Crippen LogP contribution in [0.25, 0.3) is 10.1 Å². The highest BCUT2D eigenvalue weighted by atomic mass is 32.1. The SMILES string of the molecule is CC1CCC(CN)(C(O)c2csc3ccccc23)CC1. The molecule has 1 atom stereocenters. The number of fused-ring (bicyclic) bond motifs is 1. The lowest BCUT2D eigenvalue weighted by atomic mass is 9.66. The summed E-state index contributed by atoms with van der Waals surface area (Å²) in [7, 11) is 0. The molecule has 1 aromatic heterocycles. The molecule has 1 aromatic carbocycles. The Morgan fingerprint density at radius 2 is 2.05 bits per heavy atom. The van der Waals surface area contributed by atoms with E-state index in [1.807, 2.05) is 6.07 Å². The van der Waals surface area contributed by atoms with Crippen molar-refractivity contribution in [3.63, 3.8) is 0 Å². The second-order valence-electron chi connectivity index (χ2n) is 6.34. The van der Waals surface area contributed by atoms with Crippen molar-refractivity contribution in [2.24, 2.45) is 17.1 Å². The summed E-state index contributed by atoms with van der Waals surface area (Å²) in [5.41, 5.74) is 7.02. The average Bonchev–Trinajstić information content (AvgIpc) is 2.91. The third-order valence-electron chi connectivity index (χ3n) is 5.06. The molecule has 1 fully saturated rings. The number of aliphatic hydroxyl groups excluding tert-OH is 1. The predicted octanol–water partition coefficient (Wildman–Crippen LogP) is 4.09. The van der Waals surface area contributed by atoms with Gasteiger partial charge in [-0.2, -0.15) is 0 Å². The van der Waals surface area contributed by atoms with Crippen molar-refractivity contribution in [2.75, 3.05) is 6.54 Å². The van der Waals surface area contributed by atoms with Gasteiger partial charge in [0, 0.05) is 16.7 Å². The topological polar surface area (TPSA) is 46.2 Å². The number of benzene rings is 1. The average molecular weight is 289 g/mol. The largest absolute Gasteiger partial charge is 0.388 e. The molecule has 3 rings (SSSR count). The van der Waals surface area contributed by atoms with Crippen molar-refractivity contribution >= 4 is 21.4 Å². The fourth-order valence-corrected chi connectivity index (χ4v) is 4.45. The smallest absolute Gasteiger partial charge is 0.0872 e. The first-order valence-corrected chi connectivity index (χ1v) is 8.38. The number of hydrogen-bond acceptors (Lipinski definition) is 3. The quantitative estimate of drug-likeness (QED) is 0.894. The Morgan fingerprint density at radius 1 is 1.35 bits per heavy atom. The zero-order chi connectivity index (χ0) is 14.2. The highest BCUT2D eigenvalue weighted by Gasteiger charge is 2.40. The lowest BCUT2D eigenvalue weighted by Crippen LogP contribution is -2.39. The van der Waals surface area contributed by atoms with Gasteiger partial charge in [0.2, 0.25) is 0 Å². The van der Waals surface area contributed by atoms with Crippen molar-refractivity contribution in [3.05, 3.63) is 35.2 Å². The predicted molar refractivity (Wildman–Crippen MR) is 85.9 cm³/mol. The molecule has 108 valence electrons. The van der Waals surface area contributed by atoms with Crippen LogP contribution in [0.5, 0.6) is 0 Å². The summed E-state index contributed by atoms with van der Waals surface area (Å²) in [4.78, 5) is 0. The van der Waals surface area contributed by atoms with Crippen LogP contribution in [0.15, 0.2) is 29.6 Å². The van der Waals surface area contributed by atoms with Gasteiger partial charge in [0.15, 0.2) is 0 Å². The molecule has 20 heavy (non-hydrogen) atoms. The second kappa shape index (κ2) is 5.47. The van der Waals surface area contributed by atoms with Gasteiger partial charge in [0.1, 0.15) is 0 Å². The van der Waals surface area contributed by atoms with Gasteiger partial charge in [-0.05, 0) is 41.2 Å². The molecular formula is C17H23NOS. The van der Waals surface area contributed by atoms with Crippen LogP contribution in [-0.4, -0.2) is 11.7 Å². The fraction of sp³-hybridized carbons (Fsp3) is 0.529. The number of hydrogen-bond donors (Lipinski definition) is 2. The van der Waals surface area contributed by atoms with E-state index in [2.05, 4.69) is 30.5 Å². The number of thiophene rings is 1. The first kappa shape index (κ1) is 14.1. The molecule has 1 heterocycles. The summed E-state index contributed by atoms with van der Waals surface area (Å²) in [5.74, 6) is 0.765. The van der Waals surface area contributed by atoms with E-state index in [4.69, 9.17) is 5.73 Å². The van der Waals surface area contributed by atoms with Gasteiger partial charge in [-0.25, -0.2) is 0 Å². The fourth-order valence-electron chi connectivity index (χ4n) is 3.47. The van der Waals surface area contributed by atoms with Crippen molar-refractivity contribution in [1.82, 2.24) is 0 Å². The van der Waals surface area contributed by atoms with Gasteiger partial charge in [0.05, 0.1) is 6.10 Å². The number of rotatable bonds is 3. The second-order valence-corrected chi connectivity index (χ2v) is 7.25. The van der Waals surface area contributed by atoms with Crippen LogP contribution < -0.4 is 5.73 Å². The molecule has 1 aliphatic carbocycles. The van der Waals surface area contributed by atoms with E-state index in [0.717, 1.165) is 24.3 Å². The van der Waals surface area contributed by atoms with Gasteiger partial charge in [-0.1, -0.05) is 38.0 Å². The normalized spacial score (nSPS) is 28.6. The van der Waals surface area contributed by atoms with Crippen LogP contribution in [0.2, 0.25) is 0 Å². The van der Waals surface area contributed by atoms with E-state index in [-0.39, 0.29) is 5.41 Å². The monoisotopic (exact) mass is 289 g/mol. The van der Waals surface area contributed by atoms with Crippen molar-refractivity contribution in [2.45, 2.75) is 38.7 Å². The maximum Gasteiger partial charge on any atom is 0.0872 e. The van der Waals surface area contributed by atoms with Crippen molar-refractivity contribution in [1.29, 1.82) is 0 Å². The Labute approximate surface area is 124 Å². The summed E-state index contributed by atoms with van der Waals surface area (Å²) in [6.07, 6.45) is 4.00. The van der Waals surface area contributed by atoms with Crippen LogP contribution >= 0.6 is 11.3 Å². The molecule has 1 aliphatic rings. The highest BCUT2D eigenvalue weighted by molar-refractivity contribution is 7.17. The Hall–Kier alpha value is -0.900. The standard InChI is InChI=1S/C17H23NOS/c1-12-6-8-17(11-18,9-7-12)16(19)14-10-20-15-5-3-2-4-13(14)15/h2-5,10,12,16,19H,6-9,11,18H2,1H3. The molecule has 0 amide bonds. The van der Waals surface area contributed by atoms with E-state index in [0.29, 0.717) is 6.54 Å². The van der Waals surface area contributed by atoms with Gasteiger partial charge in [-0.15, -0.1) is 11.3 Å². The summed E-state index contributed by atoms with van der Waals surface area (Å²) < 4.78 is 1.25. The van der Waals surface area contributed by atoms with E-state index in [9.17, 15) is 5.11 Å². The number of nitrogens with two attached hydrogens (primary N) is 1. The number of aliphatic hydroxyl groups is 1. The van der Waals surface area contributed by atoms with E-state index in [1.165, 1.54) is 22.9 Å². The van der Waals surface area contributed by atoms with Gasteiger partial charge < -0.3 is 10.8 Å². The Balaban J connectivity index is 1.96. The third-order valence-corrected chi connectivity index (χ3v) is 6.04. The van der Waals surface area contributed by atoms with Crippen LogP contribution in [0.1, 0.15) is 44.3 Å². The van der Waals surface area contributed by atoms with Crippen LogP contribution in [-0.2, 0) is 0 Å². The zero-order valence-electron chi connectivity index (χ0n) is 12.0. The minimum Gasteiger partial charge on any atom is -0.388 e. The Kier molecular flexibility index (Phi) is 3.85. The van der Waals surface area contributed by atoms with Crippen LogP contribution in [0.3, 0.4) is 0 Å². The highest BCUT2D eigenvalue weighted by Crippen LogP contribution is 2.48.